The zero-order chi connectivity index (χ0) is 21.2. The molecule has 27 heavy (non-hydrogen) atoms. The lowest BCUT2D eigenvalue weighted by Gasteiger charge is -2.38. The van der Waals surface area contributed by atoms with Gasteiger partial charge in [-0.2, -0.15) is 52.3 Å². The van der Waals surface area contributed by atoms with E-state index in [4.69, 9.17) is 4.55 Å². The van der Waals surface area contributed by atoms with Gasteiger partial charge in [-0.3, -0.25) is 4.55 Å². The van der Waals surface area contributed by atoms with E-state index in [-0.39, 0.29) is 19.0 Å². The molecule has 0 unspecified atom stereocenters. The van der Waals surface area contributed by atoms with Crippen molar-refractivity contribution in [3.8, 4) is 0 Å². The maximum atomic E-state index is 13.4. The summed E-state index contributed by atoms with van der Waals surface area (Å²) in [7, 11) is -7.32. The third-order valence-corrected chi connectivity index (χ3v) is 4.44. The lowest BCUT2D eigenvalue weighted by molar-refractivity contribution is -0.390. The zero-order valence-electron chi connectivity index (χ0n) is 13.9. The molecule has 0 aliphatic heterocycles. The van der Waals surface area contributed by atoms with E-state index < -0.39 is 51.9 Å². The summed E-state index contributed by atoms with van der Waals surface area (Å²) < 4.78 is 160. The van der Waals surface area contributed by atoms with Crippen LogP contribution < -0.4 is 6.15 Å². The fourth-order valence-electron chi connectivity index (χ4n) is 1.88. The molecule has 0 aromatic carbocycles. The normalized spacial score (nSPS) is 14.8. The Morgan fingerprint density at radius 3 is 1.48 bits per heavy atom. The molecule has 4 N–H and O–H groups in total. The quantitative estimate of drug-likeness (QED) is 0.248. The summed E-state index contributed by atoms with van der Waals surface area (Å²) in [5.74, 6) is -27.9. The van der Waals surface area contributed by atoms with E-state index in [0.29, 0.717) is 12.8 Å². The number of alkyl halides is 10. The van der Waals surface area contributed by atoms with Gasteiger partial charge in [-0.1, -0.05) is 32.6 Å². The predicted molar refractivity (Wildman–Crippen MR) is 74.7 cm³/mol. The SMILES string of the molecule is CCCCCCCC(F)(F)C(F)(F)C(F)(F)C(F)(F)C(F)(F)S(=O)(=O)O.N. The number of rotatable bonds is 11. The molecular weight excluding hydrogens is 428 g/mol. The first-order chi connectivity index (χ1) is 11.3. The Morgan fingerprint density at radius 2 is 1.11 bits per heavy atom. The van der Waals surface area contributed by atoms with Crippen LogP contribution in [0.2, 0.25) is 0 Å². The third-order valence-electron chi connectivity index (χ3n) is 3.53. The third kappa shape index (κ3) is 4.96. The molecule has 4 nitrogen and oxygen atoms in total. The van der Waals surface area contributed by atoms with Gasteiger partial charge in [-0.25, -0.2) is 0 Å². The highest BCUT2D eigenvalue weighted by molar-refractivity contribution is 7.87. The minimum atomic E-state index is -7.53. The number of unbranched alkanes of at least 4 members (excludes halogenated alkanes) is 4. The standard InChI is InChI=1S/C12H16F10O3S.H3N/c1-2-3-4-5-6-7-8(13,14)9(15,16)10(17,18)11(19,20)12(21,22)26(23,24)25;/h2-7H2,1H3,(H,23,24,25);1H3. The fourth-order valence-corrected chi connectivity index (χ4v) is 2.33. The second kappa shape index (κ2) is 8.68. The van der Waals surface area contributed by atoms with Gasteiger partial charge in [0.2, 0.25) is 0 Å². The Kier molecular flexibility index (Phi) is 9.12. The molecular formula is C12H19F10NO3S. The summed E-state index contributed by atoms with van der Waals surface area (Å²) in [6.45, 7) is 1.71. The highest BCUT2D eigenvalue weighted by Crippen LogP contribution is 2.58. The van der Waals surface area contributed by atoms with Crippen molar-refractivity contribution in [2.45, 2.75) is 74.4 Å². The molecule has 0 bridgehead atoms. The molecule has 0 fully saturated rings. The van der Waals surface area contributed by atoms with Gasteiger partial charge in [0.15, 0.2) is 0 Å². The lowest BCUT2D eigenvalue weighted by Crippen LogP contribution is -2.68. The van der Waals surface area contributed by atoms with Crippen LogP contribution in [0.3, 0.4) is 0 Å². The summed E-state index contributed by atoms with van der Waals surface area (Å²) in [5, 5.41) is -7.13. The second-order valence-electron chi connectivity index (χ2n) is 5.58. The Balaban J connectivity index is 0. The van der Waals surface area contributed by atoms with Crippen molar-refractivity contribution in [2.24, 2.45) is 0 Å². The summed E-state index contributed by atoms with van der Waals surface area (Å²) in [6, 6.07) is 0. The van der Waals surface area contributed by atoms with Crippen molar-refractivity contribution < 1.29 is 56.9 Å². The van der Waals surface area contributed by atoms with Crippen molar-refractivity contribution in [3.63, 3.8) is 0 Å². The van der Waals surface area contributed by atoms with E-state index >= 15 is 0 Å². The molecule has 0 amide bonds. The van der Waals surface area contributed by atoms with Gasteiger partial charge in [0, 0.05) is 6.42 Å². The van der Waals surface area contributed by atoms with Gasteiger partial charge in [-0.05, 0) is 6.42 Å². The van der Waals surface area contributed by atoms with Crippen LogP contribution in [0.25, 0.3) is 0 Å². The van der Waals surface area contributed by atoms with E-state index in [1.807, 2.05) is 0 Å². The number of halogens is 10. The van der Waals surface area contributed by atoms with Crippen molar-refractivity contribution in [1.29, 1.82) is 0 Å². The summed E-state index contributed by atoms with van der Waals surface area (Å²) in [5.41, 5.74) is 0. The van der Waals surface area contributed by atoms with E-state index in [0.717, 1.165) is 0 Å². The van der Waals surface area contributed by atoms with E-state index in [2.05, 4.69) is 0 Å². The van der Waals surface area contributed by atoms with Gasteiger partial charge in [-0.15, -0.1) is 0 Å². The Labute approximate surface area is 148 Å². The van der Waals surface area contributed by atoms with Crippen molar-refractivity contribution in [2.75, 3.05) is 0 Å². The minimum absolute atomic E-state index is 0. The van der Waals surface area contributed by atoms with Gasteiger partial charge < -0.3 is 6.15 Å². The van der Waals surface area contributed by atoms with Crippen LogP contribution in [0.4, 0.5) is 43.9 Å². The van der Waals surface area contributed by atoms with Gasteiger partial charge in [0.05, 0.1) is 0 Å². The topological polar surface area (TPSA) is 89.4 Å². The molecule has 0 aliphatic carbocycles. The average Bonchev–Trinajstić information content (AvgIpc) is 2.44. The number of hydrogen-bond donors (Lipinski definition) is 2. The summed E-state index contributed by atoms with van der Waals surface area (Å²) in [4.78, 5) is 0. The molecule has 0 heterocycles. The van der Waals surface area contributed by atoms with E-state index in [9.17, 15) is 52.3 Å². The zero-order valence-corrected chi connectivity index (χ0v) is 14.7. The monoisotopic (exact) mass is 447 g/mol. The lowest BCUT2D eigenvalue weighted by atomic mass is 9.94. The van der Waals surface area contributed by atoms with Crippen LogP contribution in [-0.2, 0) is 10.1 Å². The maximum absolute atomic E-state index is 13.4. The Hall–Kier alpha value is -0.830. The molecule has 0 spiro atoms. The number of hydrogen-bond acceptors (Lipinski definition) is 3. The largest absolute Gasteiger partial charge is 0.438 e. The van der Waals surface area contributed by atoms with E-state index in [1.54, 1.807) is 6.92 Å². The van der Waals surface area contributed by atoms with Gasteiger partial charge >= 0.3 is 39.1 Å². The van der Waals surface area contributed by atoms with Crippen LogP contribution in [-0.4, -0.2) is 41.9 Å². The van der Waals surface area contributed by atoms with Crippen LogP contribution in [0.15, 0.2) is 0 Å². The fraction of sp³-hybridized carbons (Fsp3) is 1.00. The first kappa shape index (κ1) is 28.4. The second-order valence-corrected chi connectivity index (χ2v) is 7.05. The Morgan fingerprint density at radius 1 is 0.704 bits per heavy atom. The smallest absolute Gasteiger partial charge is 0.344 e. The summed E-state index contributed by atoms with van der Waals surface area (Å²) in [6.07, 6.45) is -1.59. The van der Waals surface area contributed by atoms with Crippen LogP contribution in [0.5, 0.6) is 0 Å². The molecule has 0 aromatic heterocycles. The molecule has 0 atom stereocenters. The molecule has 0 saturated carbocycles. The highest BCUT2D eigenvalue weighted by Gasteiger charge is 2.88. The molecule has 166 valence electrons. The van der Waals surface area contributed by atoms with Gasteiger partial charge in [0.1, 0.15) is 0 Å². The molecule has 0 saturated heterocycles. The first-order valence-electron chi connectivity index (χ1n) is 7.17. The molecule has 15 heteroatoms. The molecule has 0 rings (SSSR count). The molecule has 0 aliphatic rings. The molecule has 0 aromatic rings. The van der Waals surface area contributed by atoms with Crippen LogP contribution >= 0.6 is 0 Å². The molecule has 0 radical (unpaired) electrons. The first-order valence-corrected chi connectivity index (χ1v) is 8.61. The van der Waals surface area contributed by atoms with Gasteiger partial charge in [0.25, 0.3) is 0 Å². The van der Waals surface area contributed by atoms with Crippen LogP contribution in [0.1, 0.15) is 45.4 Å². The average molecular weight is 447 g/mol. The van der Waals surface area contributed by atoms with Crippen LogP contribution in [0, 0.1) is 0 Å². The summed E-state index contributed by atoms with van der Waals surface area (Å²) >= 11 is 0. The predicted octanol–water partition coefficient (Wildman–Crippen LogP) is 5.53. The Bertz CT molecular complexity index is 580. The van der Waals surface area contributed by atoms with E-state index in [1.165, 1.54) is 0 Å². The minimum Gasteiger partial charge on any atom is -0.344 e. The maximum Gasteiger partial charge on any atom is 0.438 e. The highest BCUT2D eigenvalue weighted by atomic mass is 32.2. The van der Waals surface area contributed by atoms with Crippen molar-refractivity contribution >= 4 is 10.1 Å². The van der Waals surface area contributed by atoms with Crippen molar-refractivity contribution in [1.82, 2.24) is 6.15 Å². The van der Waals surface area contributed by atoms with Crippen molar-refractivity contribution in [3.05, 3.63) is 0 Å².